The molecule has 0 heterocycles. The second-order valence-corrected chi connectivity index (χ2v) is 4.26. The number of hydrogen-bond donors (Lipinski definition) is 1. The number of amides is 1. The smallest absolute Gasteiger partial charge is 0.278 e. The van der Waals surface area contributed by atoms with Crippen LogP contribution in [0.2, 0.25) is 0 Å². The van der Waals surface area contributed by atoms with Gasteiger partial charge in [-0.1, -0.05) is 45.6 Å². The molecule has 0 rings (SSSR count). The predicted molar refractivity (Wildman–Crippen MR) is 71.2 cm³/mol. The van der Waals surface area contributed by atoms with E-state index in [9.17, 15) is 4.79 Å². The van der Waals surface area contributed by atoms with Gasteiger partial charge in [0.1, 0.15) is 6.26 Å². The zero-order valence-corrected chi connectivity index (χ0v) is 11.1. The van der Waals surface area contributed by atoms with Gasteiger partial charge in [0.15, 0.2) is 0 Å². The number of nitrogens with one attached hydrogen (secondary N) is 1. The van der Waals surface area contributed by atoms with E-state index in [-0.39, 0.29) is 5.91 Å². The molecule has 0 radical (unpaired) electrons. The van der Waals surface area contributed by atoms with Gasteiger partial charge in [-0.05, 0) is 25.8 Å². The van der Waals surface area contributed by atoms with Gasteiger partial charge in [-0.15, -0.1) is 0 Å². The highest BCUT2D eigenvalue weighted by Crippen LogP contribution is 2.06. The molecule has 0 aromatic rings. The first-order chi connectivity index (χ1) is 8.18. The molecule has 0 aromatic carbocycles. The van der Waals surface area contributed by atoms with Crippen LogP contribution in [-0.2, 0) is 9.63 Å². The number of allylic oxidation sites excluding steroid dienone is 1. The third-order valence-corrected chi connectivity index (χ3v) is 2.43. The summed E-state index contributed by atoms with van der Waals surface area (Å²) in [5.74, 6) is -0.283. The molecule has 3 heteroatoms. The third-order valence-electron chi connectivity index (χ3n) is 2.43. The van der Waals surface area contributed by atoms with E-state index in [2.05, 4.69) is 19.0 Å². The SMILES string of the molecule is C=C(C)C(=O)NO/C=C/CCCCCCCC. The number of unbranched alkanes of at least 4 members (excludes halogenated alkanes) is 6. The molecule has 1 N–H and O–H groups in total. The minimum absolute atomic E-state index is 0.283. The Morgan fingerprint density at radius 1 is 1.24 bits per heavy atom. The van der Waals surface area contributed by atoms with Crippen LogP contribution in [0, 0.1) is 0 Å². The van der Waals surface area contributed by atoms with Crippen molar-refractivity contribution in [2.24, 2.45) is 0 Å². The van der Waals surface area contributed by atoms with E-state index in [0.29, 0.717) is 5.57 Å². The molecule has 0 saturated carbocycles. The molecule has 0 fully saturated rings. The average molecular weight is 239 g/mol. The normalized spacial score (nSPS) is 10.5. The lowest BCUT2D eigenvalue weighted by Gasteiger charge is -2.01. The highest BCUT2D eigenvalue weighted by atomic mass is 16.6. The van der Waals surface area contributed by atoms with Crippen LogP contribution in [0.1, 0.15) is 58.8 Å². The zero-order chi connectivity index (χ0) is 12.9. The lowest BCUT2D eigenvalue weighted by Crippen LogP contribution is -2.21. The number of hydrogen-bond acceptors (Lipinski definition) is 2. The van der Waals surface area contributed by atoms with E-state index in [1.807, 2.05) is 6.08 Å². The van der Waals surface area contributed by atoms with Gasteiger partial charge >= 0.3 is 0 Å². The predicted octanol–water partition coefficient (Wildman–Crippen LogP) is 3.87. The van der Waals surface area contributed by atoms with Gasteiger partial charge in [0.05, 0.1) is 0 Å². The fourth-order valence-electron chi connectivity index (χ4n) is 1.33. The molecule has 0 spiro atoms. The minimum Gasteiger partial charge on any atom is -0.387 e. The Balaban J connectivity index is 3.26. The summed E-state index contributed by atoms with van der Waals surface area (Å²) in [6.07, 6.45) is 12.2. The van der Waals surface area contributed by atoms with Crippen molar-refractivity contribution in [1.29, 1.82) is 0 Å². The second-order valence-electron chi connectivity index (χ2n) is 4.26. The fourth-order valence-corrected chi connectivity index (χ4v) is 1.33. The largest absolute Gasteiger partial charge is 0.387 e. The van der Waals surface area contributed by atoms with Crippen LogP contribution in [0.5, 0.6) is 0 Å². The average Bonchev–Trinajstić information content (AvgIpc) is 2.31. The molecule has 1 amide bonds. The Morgan fingerprint density at radius 2 is 1.88 bits per heavy atom. The van der Waals surface area contributed by atoms with Crippen molar-refractivity contribution in [3.63, 3.8) is 0 Å². The summed E-state index contributed by atoms with van der Waals surface area (Å²) < 4.78 is 0. The number of carbonyl (C=O) groups excluding carboxylic acids is 1. The molecule has 3 nitrogen and oxygen atoms in total. The molecule has 0 aliphatic rings. The summed E-state index contributed by atoms with van der Waals surface area (Å²) in [6.45, 7) is 7.36. The summed E-state index contributed by atoms with van der Waals surface area (Å²) in [7, 11) is 0. The maximum Gasteiger partial charge on any atom is 0.278 e. The van der Waals surface area contributed by atoms with Gasteiger partial charge in [-0.3, -0.25) is 4.79 Å². The summed E-state index contributed by atoms with van der Waals surface area (Å²) in [5.41, 5.74) is 2.71. The maximum atomic E-state index is 11.0. The van der Waals surface area contributed by atoms with E-state index >= 15 is 0 Å². The number of hydroxylamine groups is 1. The molecule has 0 saturated heterocycles. The highest BCUT2D eigenvalue weighted by molar-refractivity contribution is 5.91. The number of carbonyl (C=O) groups is 1. The summed E-state index contributed by atoms with van der Waals surface area (Å²) in [6, 6.07) is 0. The van der Waals surface area contributed by atoms with E-state index in [1.165, 1.54) is 44.8 Å². The van der Waals surface area contributed by atoms with E-state index in [1.54, 1.807) is 6.92 Å². The first-order valence-electron chi connectivity index (χ1n) is 6.45. The van der Waals surface area contributed by atoms with Crippen LogP contribution in [0.4, 0.5) is 0 Å². The number of rotatable bonds is 10. The Hall–Kier alpha value is -1.25. The van der Waals surface area contributed by atoms with Crippen molar-refractivity contribution < 1.29 is 9.63 Å². The molecule has 0 bridgehead atoms. The molecule has 0 aliphatic carbocycles. The van der Waals surface area contributed by atoms with Crippen LogP contribution in [0.15, 0.2) is 24.5 Å². The Bertz CT molecular complexity index is 247. The van der Waals surface area contributed by atoms with Crippen LogP contribution in [0.3, 0.4) is 0 Å². The van der Waals surface area contributed by atoms with E-state index < -0.39 is 0 Å². The lowest BCUT2D eigenvalue weighted by atomic mass is 10.1. The van der Waals surface area contributed by atoms with E-state index in [4.69, 9.17) is 4.84 Å². The van der Waals surface area contributed by atoms with Gasteiger partial charge in [0.2, 0.25) is 0 Å². The third kappa shape index (κ3) is 11.0. The first kappa shape index (κ1) is 15.8. The fraction of sp³-hybridized carbons (Fsp3) is 0.643. The highest BCUT2D eigenvalue weighted by Gasteiger charge is 1.98. The van der Waals surface area contributed by atoms with Gasteiger partial charge in [-0.25, -0.2) is 0 Å². The van der Waals surface area contributed by atoms with Gasteiger partial charge in [0.25, 0.3) is 5.91 Å². The van der Waals surface area contributed by atoms with Crippen molar-refractivity contribution in [2.75, 3.05) is 0 Å². The van der Waals surface area contributed by atoms with Crippen molar-refractivity contribution in [1.82, 2.24) is 5.48 Å². The van der Waals surface area contributed by atoms with Gasteiger partial charge < -0.3 is 4.84 Å². The molecule has 0 aromatic heterocycles. The van der Waals surface area contributed by atoms with Crippen molar-refractivity contribution in [3.8, 4) is 0 Å². The lowest BCUT2D eigenvalue weighted by molar-refractivity contribution is -0.125. The van der Waals surface area contributed by atoms with Gasteiger partial charge in [0, 0.05) is 5.57 Å². The van der Waals surface area contributed by atoms with Crippen LogP contribution >= 0.6 is 0 Å². The van der Waals surface area contributed by atoms with Gasteiger partial charge in [-0.2, -0.15) is 5.48 Å². The molecule has 0 unspecified atom stereocenters. The van der Waals surface area contributed by atoms with Crippen molar-refractivity contribution in [3.05, 3.63) is 24.5 Å². The van der Waals surface area contributed by atoms with Crippen LogP contribution in [-0.4, -0.2) is 5.91 Å². The molecule has 0 atom stereocenters. The summed E-state index contributed by atoms with van der Waals surface area (Å²) in [4.78, 5) is 15.9. The monoisotopic (exact) mass is 239 g/mol. The summed E-state index contributed by atoms with van der Waals surface area (Å²) in [5, 5.41) is 0. The summed E-state index contributed by atoms with van der Waals surface area (Å²) >= 11 is 0. The second kappa shape index (κ2) is 11.2. The molecular weight excluding hydrogens is 214 g/mol. The van der Waals surface area contributed by atoms with Crippen LogP contribution < -0.4 is 5.48 Å². The Morgan fingerprint density at radius 3 is 2.53 bits per heavy atom. The standard InChI is InChI=1S/C14H25NO2/c1-4-5-6-7-8-9-10-11-12-17-15-14(16)13(2)3/h11-12H,2,4-10H2,1,3H3,(H,15,16)/b12-11+. The minimum atomic E-state index is -0.283. The molecule has 0 aliphatic heterocycles. The molecular formula is C14H25NO2. The maximum absolute atomic E-state index is 11.0. The first-order valence-corrected chi connectivity index (χ1v) is 6.45. The molecule has 98 valence electrons. The van der Waals surface area contributed by atoms with E-state index in [0.717, 1.165) is 6.42 Å². The van der Waals surface area contributed by atoms with Crippen molar-refractivity contribution >= 4 is 5.91 Å². The Kier molecular flexibility index (Phi) is 10.4. The topological polar surface area (TPSA) is 38.3 Å². The van der Waals surface area contributed by atoms with Crippen molar-refractivity contribution in [2.45, 2.75) is 58.8 Å². The Labute approximate surface area is 105 Å². The van der Waals surface area contributed by atoms with Crippen LogP contribution in [0.25, 0.3) is 0 Å². The molecule has 17 heavy (non-hydrogen) atoms. The quantitative estimate of drug-likeness (QED) is 0.272. The zero-order valence-electron chi connectivity index (χ0n) is 11.1.